The summed E-state index contributed by atoms with van der Waals surface area (Å²) in [5.74, 6) is -1.61. The van der Waals surface area contributed by atoms with Gasteiger partial charge in [0.1, 0.15) is 11.3 Å². The molecular weight excluding hydrogens is 329 g/mol. The highest BCUT2D eigenvalue weighted by Crippen LogP contribution is 2.38. The number of hydrogen-bond acceptors (Lipinski definition) is 3. The molecule has 1 heterocycles. The third kappa shape index (κ3) is 3.69. The second kappa shape index (κ2) is 5.68. The molecule has 0 fully saturated rings. The summed E-state index contributed by atoms with van der Waals surface area (Å²) in [5, 5.41) is 0.0705. The van der Waals surface area contributed by atoms with Crippen molar-refractivity contribution >= 4 is 15.9 Å². The molecule has 0 aliphatic rings. The Morgan fingerprint density at radius 2 is 2.00 bits per heavy atom. The van der Waals surface area contributed by atoms with E-state index in [1.807, 2.05) is 0 Å². The molecule has 0 amide bonds. The number of alkyl halides is 6. The fourth-order valence-electron chi connectivity index (χ4n) is 1.18. The first kappa shape index (κ1) is 14.9. The van der Waals surface area contributed by atoms with Crippen LogP contribution in [-0.4, -0.2) is 18.5 Å². The quantitative estimate of drug-likeness (QED) is 0.619. The van der Waals surface area contributed by atoms with Crippen LogP contribution in [0.2, 0.25) is 0 Å². The number of nitrogens with zero attached hydrogens (tertiary/aromatic N) is 1. The van der Waals surface area contributed by atoms with Gasteiger partial charge in [-0.3, -0.25) is 0 Å². The molecule has 0 atom stereocenters. The summed E-state index contributed by atoms with van der Waals surface area (Å²) < 4.78 is 69.8. The standard InChI is InChI=1S/C9H7BrF5NO2/c1-17-5-2-4(3-10)16-8(6(5)7(11)12)18-9(13,14)15/h2,7H,3H2,1H3. The van der Waals surface area contributed by atoms with Crippen LogP contribution in [0.5, 0.6) is 11.6 Å². The first-order valence-electron chi connectivity index (χ1n) is 4.46. The van der Waals surface area contributed by atoms with E-state index in [1.165, 1.54) is 0 Å². The van der Waals surface area contributed by atoms with Crippen molar-refractivity contribution in [3.63, 3.8) is 0 Å². The minimum absolute atomic E-state index is 0.0705. The summed E-state index contributed by atoms with van der Waals surface area (Å²) in [7, 11) is 1.07. The van der Waals surface area contributed by atoms with E-state index in [-0.39, 0.29) is 11.0 Å². The van der Waals surface area contributed by atoms with Gasteiger partial charge >= 0.3 is 6.36 Å². The van der Waals surface area contributed by atoms with Gasteiger partial charge in [0.25, 0.3) is 6.43 Å². The Labute approximate surface area is 107 Å². The Hall–Kier alpha value is -1.12. The smallest absolute Gasteiger partial charge is 0.496 e. The Bertz CT molecular complexity index is 424. The summed E-state index contributed by atoms with van der Waals surface area (Å²) in [6.07, 6.45) is -8.30. The first-order valence-corrected chi connectivity index (χ1v) is 5.58. The number of ether oxygens (including phenoxy) is 2. The highest BCUT2D eigenvalue weighted by molar-refractivity contribution is 9.08. The lowest BCUT2D eigenvalue weighted by molar-refractivity contribution is -0.276. The summed E-state index contributed by atoms with van der Waals surface area (Å²) in [6.45, 7) is 0. The number of methoxy groups -OCH3 is 1. The van der Waals surface area contributed by atoms with Gasteiger partial charge in [0, 0.05) is 11.4 Å². The van der Waals surface area contributed by atoms with Crippen molar-refractivity contribution in [2.24, 2.45) is 0 Å². The van der Waals surface area contributed by atoms with Crippen LogP contribution in [0.1, 0.15) is 17.7 Å². The molecule has 0 aliphatic carbocycles. The number of halogens is 6. The van der Waals surface area contributed by atoms with E-state index in [2.05, 4.69) is 30.4 Å². The maximum atomic E-state index is 12.7. The lowest BCUT2D eigenvalue weighted by atomic mass is 10.2. The Balaban J connectivity index is 3.34. The number of hydrogen-bond donors (Lipinski definition) is 0. The molecule has 102 valence electrons. The zero-order chi connectivity index (χ0) is 13.9. The molecule has 0 spiro atoms. The molecule has 0 radical (unpaired) electrons. The average Bonchev–Trinajstić information content (AvgIpc) is 2.25. The van der Waals surface area contributed by atoms with E-state index >= 15 is 0 Å². The van der Waals surface area contributed by atoms with E-state index in [4.69, 9.17) is 0 Å². The van der Waals surface area contributed by atoms with E-state index in [1.54, 1.807) is 0 Å². The van der Waals surface area contributed by atoms with Crippen LogP contribution in [0, 0.1) is 0 Å². The lowest BCUT2D eigenvalue weighted by Crippen LogP contribution is -2.19. The second-order valence-corrected chi connectivity index (χ2v) is 3.58. The molecule has 9 heteroatoms. The monoisotopic (exact) mass is 335 g/mol. The molecule has 0 saturated carbocycles. The lowest BCUT2D eigenvalue weighted by Gasteiger charge is -2.15. The van der Waals surface area contributed by atoms with Crippen molar-refractivity contribution in [1.82, 2.24) is 4.98 Å². The summed E-state index contributed by atoms with van der Waals surface area (Å²) in [4.78, 5) is 3.36. The van der Waals surface area contributed by atoms with Crippen LogP contribution in [0.3, 0.4) is 0 Å². The van der Waals surface area contributed by atoms with Gasteiger partial charge in [0.2, 0.25) is 5.88 Å². The van der Waals surface area contributed by atoms with E-state index in [0.29, 0.717) is 0 Å². The van der Waals surface area contributed by atoms with Crippen LogP contribution in [-0.2, 0) is 5.33 Å². The van der Waals surface area contributed by atoms with Gasteiger partial charge in [-0.25, -0.2) is 13.8 Å². The van der Waals surface area contributed by atoms with Gasteiger partial charge in [0.15, 0.2) is 0 Å². The zero-order valence-corrected chi connectivity index (χ0v) is 10.5. The number of aromatic nitrogens is 1. The van der Waals surface area contributed by atoms with Crippen LogP contribution >= 0.6 is 15.9 Å². The summed E-state index contributed by atoms with van der Waals surface area (Å²) in [6, 6.07) is 1.11. The van der Waals surface area contributed by atoms with Gasteiger partial charge in [-0.15, -0.1) is 13.2 Å². The van der Waals surface area contributed by atoms with Crippen LogP contribution in [0.25, 0.3) is 0 Å². The number of rotatable bonds is 4. The Morgan fingerprint density at radius 1 is 1.39 bits per heavy atom. The molecule has 0 bridgehead atoms. The molecule has 0 aliphatic heterocycles. The van der Waals surface area contributed by atoms with Crippen LogP contribution in [0.4, 0.5) is 22.0 Å². The van der Waals surface area contributed by atoms with Gasteiger partial charge in [0.05, 0.1) is 12.8 Å². The average molecular weight is 336 g/mol. The van der Waals surface area contributed by atoms with E-state index in [9.17, 15) is 22.0 Å². The molecule has 3 nitrogen and oxygen atoms in total. The highest BCUT2D eigenvalue weighted by Gasteiger charge is 2.35. The van der Waals surface area contributed by atoms with Crippen molar-refractivity contribution in [1.29, 1.82) is 0 Å². The van der Waals surface area contributed by atoms with Crippen molar-refractivity contribution in [2.75, 3.05) is 7.11 Å². The maximum Gasteiger partial charge on any atom is 0.574 e. The SMILES string of the molecule is COc1cc(CBr)nc(OC(F)(F)F)c1C(F)F. The maximum absolute atomic E-state index is 12.7. The third-order valence-electron chi connectivity index (χ3n) is 1.83. The predicted molar refractivity (Wildman–Crippen MR) is 55.1 cm³/mol. The van der Waals surface area contributed by atoms with Crippen LogP contribution < -0.4 is 9.47 Å². The van der Waals surface area contributed by atoms with Gasteiger partial charge < -0.3 is 9.47 Å². The zero-order valence-electron chi connectivity index (χ0n) is 8.89. The molecule has 1 aromatic heterocycles. The molecule has 1 rings (SSSR count). The Morgan fingerprint density at radius 3 is 2.39 bits per heavy atom. The minimum atomic E-state index is -5.10. The van der Waals surface area contributed by atoms with Crippen molar-refractivity contribution < 1.29 is 31.4 Å². The fourth-order valence-corrected chi connectivity index (χ4v) is 1.47. The summed E-state index contributed by atoms with van der Waals surface area (Å²) in [5.41, 5.74) is -0.949. The van der Waals surface area contributed by atoms with Gasteiger partial charge in [-0.05, 0) is 0 Å². The van der Waals surface area contributed by atoms with Gasteiger partial charge in [-0.2, -0.15) is 0 Å². The third-order valence-corrected chi connectivity index (χ3v) is 2.40. The largest absolute Gasteiger partial charge is 0.574 e. The van der Waals surface area contributed by atoms with Crippen molar-refractivity contribution in [3.8, 4) is 11.6 Å². The first-order chi connectivity index (χ1) is 8.28. The summed E-state index contributed by atoms with van der Waals surface area (Å²) >= 11 is 2.95. The normalized spacial score (nSPS) is 11.8. The predicted octanol–water partition coefficient (Wildman–Crippen LogP) is 3.82. The van der Waals surface area contributed by atoms with Crippen LogP contribution in [0.15, 0.2) is 6.07 Å². The van der Waals surface area contributed by atoms with Crippen molar-refractivity contribution in [2.45, 2.75) is 18.1 Å². The molecule has 0 unspecified atom stereocenters. The molecule has 0 aromatic carbocycles. The molecule has 0 saturated heterocycles. The Kier molecular flexibility index (Phi) is 4.71. The topological polar surface area (TPSA) is 31.4 Å². The fraction of sp³-hybridized carbons (Fsp3) is 0.444. The van der Waals surface area contributed by atoms with E-state index < -0.39 is 30.0 Å². The highest BCUT2D eigenvalue weighted by atomic mass is 79.9. The van der Waals surface area contributed by atoms with Gasteiger partial charge in [-0.1, -0.05) is 15.9 Å². The van der Waals surface area contributed by atoms with Crippen molar-refractivity contribution in [3.05, 3.63) is 17.3 Å². The minimum Gasteiger partial charge on any atom is -0.496 e. The molecule has 18 heavy (non-hydrogen) atoms. The number of pyridine rings is 1. The van der Waals surface area contributed by atoms with E-state index in [0.717, 1.165) is 13.2 Å². The molecule has 1 aromatic rings. The molecular formula is C9H7BrF5NO2. The second-order valence-electron chi connectivity index (χ2n) is 3.02. The molecule has 0 N–H and O–H groups in total.